The van der Waals surface area contributed by atoms with E-state index in [-0.39, 0.29) is 12.5 Å². The monoisotopic (exact) mass is 372 g/mol. The number of hydrogen-bond donors (Lipinski definition) is 1. The molecule has 0 aliphatic heterocycles. The number of hydrogen-bond acceptors (Lipinski definition) is 4. The molecule has 7 heteroatoms. The highest BCUT2D eigenvalue weighted by molar-refractivity contribution is 9.10. The molecule has 1 aromatic heterocycles. The van der Waals surface area contributed by atoms with E-state index in [4.69, 9.17) is 4.74 Å². The Bertz CT molecular complexity index is 791. The zero-order valence-electron chi connectivity index (χ0n) is 12.0. The molecule has 1 N–H and O–H groups in total. The van der Waals surface area contributed by atoms with Crippen LogP contribution in [0.3, 0.4) is 0 Å². The fourth-order valence-electron chi connectivity index (χ4n) is 1.99. The van der Waals surface area contributed by atoms with Gasteiger partial charge in [0.2, 0.25) is 0 Å². The molecule has 0 radical (unpaired) electrons. The maximum absolute atomic E-state index is 12.1. The minimum absolute atomic E-state index is 0.0761. The first-order valence-corrected chi connectivity index (χ1v) is 7.64. The zero-order chi connectivity index (χ0) is 16.1. The van der Waals surface area contributed by atoms with Crippen molar-refractivity contribution in [3.63, 3.8) is 0 Å². The Labute approximate surface area is 141 Å². The Balaban J connectivity index is 1.72. The molecule has 1 amide bonds. The van der Waals surface area contributed by atoms with E-state index in [0.717, 1.165) is 10.2 Å². The lowest BCUT2D eigenvalue weighted by atomic mass is 10.2. The smallest absolute Gasteiger partial charge is 0.262 e. The molecule has 23 heavy (non-hydrogen) atoms. The fourth-order valence-corrected chi connectivity index (χ4v) is 2.35. The van der Waals surface area contributed by atoms with Crippen LogP contribution in [0.4, 0.5) is 5.69 Å². The zero-order valence-corrected chi connectivity index (χ0v) is 13.6. The lowest BCUT2D eigenvalue weighted by Crippen LogP contribution is -2.21. The average molecular weight is 373 g/mol. The van der Waals surface area contributed by atoms with Gasteiger partial charge in [-0.1, -0.05) is 34.1 Å². The first kappa shape index (κ1) is 15.2. The molecule has 0 saturated carbocycles. The van der Waals surface area contributed by atoms with Crippen LogP contribution >= 0.6 is 15.9 Å². The number of aromatic nitrogens is 3. The van der Waals surface area contributed by atoms with Gasteiger partial charge in [0.25, 0.3) is 5.91 Å². The van der Waals surface area contributed by atoms with E-state index in [1.165, 1.54) is 6.33 Å². The van der Waals surface area contributed by atoms with E-state index in [0.29, 0.717) is 11.4 Å². The van der Waals surface area contributed by atoms with E-state index >= 15 is 0 Å². The quantitative estimate of drug-likeness (QED) is 0.747. The van der Waals surface area contributed by atoms with Crippen LogP contribution in [0.5, 0.6) is 5.75 Å². The molecule has 0 fully saturated rings. The van der Waals surface area contributed by atoms with Gasteiger partial charge in [-0.25, -0.2) is 9.67 Å². The fraction of sp³-hybridized carbons (Fsp3) is 0.0625. The van der Waals surface area contributed by atoms with Gasteiger partial charge in [0.1, 0.15) is 18.4 Å². The molecule has 6 nitrogen and oxygen atoms in total. The van der Waals surface area contributed by atoms with E-state index in [1.54, 1.807) is 29.2 Å². The van der Waals surface area contributed by atoms with Gasteiger partial charge in [0.15, 0.2) is 6.61 Å². The minimum atomic E-state index is -0.256. The highest BCUT2D eigenvalue weighted by atomic mass is 79.9. The predicted octanol–water partition coefficient (Wildman–Crippen LogP) is 3.05. The number of benzene rings is 2. The number of carbonyl (C=O) groups is 1. The van der Waals surface area contributed by atoms with Gasteiger partial charge in [-0.15, -0.1) is 0 Å². The number of anilines is 1. The topological polar surface area (TPSA) is 69.0 Å². The number of carbonyl (C=O) groups excluding carboxylic acids is 1. The summed E-state index contributed by atoms with van der Waals surface area (Å²) in [6.07, 6.45) is 3.01. The van der Waals surface area contributed by atoms with E-state index in [2.05, 4.69) is 31.3 Å². The molecule has 0 bridgehead atoms. The van der Waals surface area contributed by atoms with Crippen molar-refractivity contribution in [3.05, 3.63) is 65.7 Å². The maximum atomic E-state index is 12.1. The first-order chi connectivity index (χ1) is 11.2. The molecule has 0 unspecified atom stereocenters. The highest BCUT2D eigenvalue weighted by Gasteiger charge is 2.10. The Hall–Kier alpha value is -2.67. The van der Waals surface area contributed by atoms with Gasteiger partial charge in [-0.2, -0.15) is 5.10 Å². The van der Waals surface area contributed by atoms with Crippen LogP contribution in [0.1, 0.15) is 0 Å². The van der Waals surface area contributed by atoms with Crippen molar-refractivity contribution in [2.75, 3.05) is 11.9 Å². The first-order valence-electron chi connectivity index (χ1n) is 6.84. The van der Waals surface area contributed by atoms with Crippen molar-refractivity contribution in [3.8, 4) is 11.4 Å². The molecule has 0 atom stereocenters. The predicted molar refractivity (Wildman–Crippen MR) is 89.6 cm³/mol. The largest absolute Gasteiger partial charge is 0.484 e. The van der Waals surface area contributed by atoms with Crippen LogP contribution in [0, 0.1) is 0 Å². The Morgan fingerprint density at radius 1 is 1.22 bits per heavy atom. The molecule has 0 saturated heterocycles. The molecule has 2 aromatic carbocycles. The SMILES string of the molecule is O=C(COc1ccccc1)Nc1cc(Br)ccc1-n1cncn1. The second kappa shape index (κ2) is 7.06. The molecule has 0 aliphatic carbocycles. The summed E-state index contributed by atoms with van der Waals surface area (Å²) in [7, 11) is 0. The molecular weight excluding hydrogens is 360 g/mol. The summed E-state index contributed by atoms with van der Waals surface area (Å²) < 4.78 is 7.87. The van der Waals surface area contributed by atoms with Crippen LogP contribution < -0.4 is 10.1 Å². The van der Waals surface area contributed by atoms with Gasteiger partial charge in [0, 0.05) is 4.47 Å². The third kappa shape index (κ3) is 3.95. The van der Waals surface area contributed by atoms with Gasteiger partial charge < -0.3 is 10.1 Å². The van der Waals surface area contributed by atoms with Gasteiger partial charge in [-0.05, 0) is 30.3 Å². The molecule has 3 rings (SSSR count). The lowest BCUT2D eigenvalue weighted by Gasteiger charge is -2.12. The van der Waals surface area contributed by atoms with Gasteiger partial charge >= 0.3 is 0 Å². The summed E-state index contributed by atoms with van der Waals surface area (Å²) in [5.41, 5.74) is 1.34. The number of halogens is 1. The summed E-state index contributed by atoms with van der Waals surface area (Å²) in [6, 6.07) is 14.7. The van der Waals surface area contributed by atoms with Crippen LogP contribution in [-0.4, -0.2) is 27.3 Å². The number of ether oxygens (including phenoxy) is 1. The van der Waals surface area contributed by atoms with Crippen molar-refractivity contribution in [2.45, 2.75) is 0 Å². The number of rotatable bonds is 5. The summed E-state index contributed by atoms with van der Waals surface area (Å²) in [6.45, 7) is -0.0761. The van der Waals surface area contributed by atoms with Crippen molar-refractivity contribution in [1.82, 2.24) is 14.8 Å². The van der Waals surface area contributed by atoms with Crippen LogP contribution in [-0.2, 0) is 4.79 Å². The Morgan fingerprint density at radius 2 is 2.04 bits per heavy atom. The van der Waals surface area contributed by atoms with Crippen LogP contribution in [0.2, 0.25) is 0 Å². The molecule has 0 aliphatic rings. The summed E-state index contributed by atoms with van der Waals surface area (Å²) in [5.74, 6) is 0.390. The maximum Gasteiger partial charge on any atom is 0.262 e. The molecule has 0 spiro atoms. The molecule has 3 aromatic rings. The highest BCUT2D eigenvalue weighted by Crippen LogP contribution is 2.24. The summed E-state index contributed by atoms with van der Waals surface area (Å²) in [4.78, 5) is 16.0. The van der Waals surface area contributed by atoms with Gasteiger partial charge in [0.05, 0.1) is 11.4 Å². The average Bonchev–Trinajstić information content (AvgIpc) is 3.08. The number of amides is 1. The third-order valence-electron chi connectivity index (χ3n) is 3.01. The molecule has 116 valence electrons. The second-order valence-electron chi connectivity index (χ2n) is 4.65. The lowest BCUT2D eigenvalue weighted by molar-refractivity contribution is -0.118. The van der Waals surface area contributed by atoms with Crippen molar-refractivity contribution in [1.29, 1.82) is 0 Å². The second-order valence-corrected chi connectivity index (χ2v) is 5.57. The normalized spacial score (nSPS) is 10.3. The third-order valence-corrected chi connectivity index (χ3v) is 3.50. The number of nitrogens with zero attached hydrogens (tertiary/aromatic N) is 3. The van der Waals surface area contributed by atoms with Gasteiger partial charge in [-0.3, -0.25) is 4.79 Å². The van der Waals surface area contributed by atoms with E-state index < -0.39 is 0 Å². The van der Waals surface area contributed by atoms with Crippen molar-refractivity contribution < 1.29 is 9.53 Å². The van der Waals surface area contributed by atoms with Crippen molar-refractivity contribution >= 4 is 27.5 Å². The summed E-state index contributed by atoms with van der Waals surface area (Å²) >= 11 is 3.40. The van der Waals surface area contributed by atoms with Crippen LogP contribution in [0.15, 0.2) is 65.7 Å². The van der Waals surface area contributed by atoms with Crippen LogP contribution in [0.25, 0.3) is 5.69 Å². The number of para-hydroxylation sites is 1. The summed E-state index contributed by atoms with van der Waals surface area (Å²) in [5, 5.41) is 6.91. The van der Waals surface area contributed by atoms with E-state index in [9.17, 15) is 4.79 Å². The Morgan fingerprint density at radius 3 is 2.78 bits per heavy atom. The Kier molecular flexibility index (Phi) is 4.68. The molecule has 1 heterocycles. The minimum Gasteiger partial charge on any atom is -0.484 e. The number of nitrogens with one attached hydrogen (secondary N) is 1. The van der Waals surface area contributed by atoms with E-state index in [1.807, 2.05) is 30.3 Å². The standard InChI is InChI=1S/C16H13BrN4O2/c17-12-6-7-15(21-11-18-10-19-21)14(8-12)20-16(22)9-23-13-4-2-1-3-5-13/h1-8,10-11H,9H2,(H,20,22). The molecular formula is C16H13BrN4O2. The van der Waals surface area contributed by atoms with Crippen molar-refractivity contribution in [2.24, 2.45) is 0 Å².